The lowest BCUT2D eigenvalue weighted by Gasteiger charge is -2.14. The quantitative estimate of drug-likeness (QED) is 0.500. The zero-order valence-electron chi connectivity index (χ0n) is 12.0. The van der Waals surface area contributed by atoms with Crippen LogP contribution in [0.1, 0.15) is 30.1 Å². The third-order valence-corrected chi connectivity index (χ3v) is 3.35. The summed E-state index contributed by atoms with van der Waals surface area (Å²) in [5, 5.41) is 0. The van der Waals surface area contributed by atoms with Gasteiger partial charge in [0.25, 0.3) is 11.5 Å². The zero-order valence-corrected chi connectivity index (χ0v) is 12.0. The molecular formula is C16H19N3O2. The van der Waals surface area contributed by atoms with Crippen LogP contribution in [0.25, 0.3) is 11.3 Å². The van der Waals surface area contributed by atoms with Crippen molar-refractivity contribution in [3.05, 3.63) is 58.4 Å². The van der Waals surface area contributed by atoms with E-state index in [0.717, 1.165) is 24.1 Å². The Hall–Kier alpha value is -2.40. The van der Waals surface area contributed by atoms with Crippen molar-refractivity contribution in [2.24, 2.45) is 5.84 Å². The Bertz CT molecular complexity index is 678. The first-order chi connectivity index (χ1) is 10.2. The average molecular weight is 285 g/mol. The minimum absolute atomic E-state index is 0.0632. The third-order valence-electron chi connectivity index (χ3n) is 3.35. The van der Waals surface area contributed by atoms with Crippen molar-refractivity contribution in [3.8, 4) is 11.3 Å². The van der Waals surface area contributed by atoms with E-state index in [1.54, 1.807) is 10.6 Å². The number of hydrogen-bond donors (Lipinski definition) is 2. The van der Waals surface area contributed by atoms with Crippen molar-refractivity contribution >= 4 is 5.91 Å². The number of hydrazine groups is 1. The summed E-state index contributed by atoms with van der Waals surface area (Å²) in [6.45, 7) is 2.63. The molecule has 0 saturated carbocycles. The Kier molecular flexibility index (Phi) is 4.90. The lowest BCUT2D eigenvalue weighted by Crippen LogP contribution is -2.37. The molecule has 3 N–H and O–H groups in total. The number of benzene rings is 1. The maximum Gasteiger partial charge on any atom is 0.270 e. The number of nitrogens with one attached hydrogen (secondary N) is 1. The average Bonchev–Trinajstić information content (AvgIpc) is 2.53. The van der Waals surface area contributed by atoms with Crippen molar-refractivity contribution in [1.82, 2.24) is 9.99 Å². The van der Waals surface area contributed by atoms with Crippen LogP contribution in [0, 0.1) is 0 Å². The predicted octanol–water partition coefficient (Wildman–Crippen LogP) is 1.92. The zero-order chi connectivity index (χ0) is 15.2. The summed E-state index contributed by atoms with van der Waals surface area (Å²) in [7, 11) is 0. The van der Waals surface area contributed by atoms with Crippen LogP contribution in [-0.4, -0.2) is 10.5 Å². The topological polar surface area (TPSA) is 77.1 Å². The van der Waals surface area contributed by atoms with Gasteiger partial charge in [0.1, 0.15) is 5.56 Å². The summed E-state index contributed by atoms with van der Waals surface area (Å²) in [6.07, 6.45) is 1.83. The van der Waals surface area contributed by atoms with Gasteiger partial charge in [-0.2, -0.15) is 0 Å². The van der Waals surface area contributed by atoms with Crippen LogP contribution < -0.4 is 16.8 Å². The fourth-order valence-corrected chi connectivity index (χ4v) is 2.23. The minimum atomic E-state index is -0.565. The van der Waals surface area contributed by atoms with Gasteiger partial charge in [-0.15, -0.1) is 0 Å². The molecule has 0 atom stereocenters. The van der Waals surface area contributed by atoms with Crippen molar-refractivity contribution in [2.75, 3.05) is 0 Å². The van der Waals surface area contributed by atoms with Crippen molar-refractivity contribution in [3.63, 3.8) is 0 Å². The molecule has 2 aromatic rings. The maximum atomic E-state index is 12.5. The summed E-state index contributed by atoms with van der Waals surface area (Å²) < 4.78 is 1.64. The van der Waals surface area contributed by atoms with Gasteiger partial charge in [-0.3, -0.25) is 15.0 Å². The molecule has 0 aliphatic carbocycles. The van der Waals surface area contributed by atoms with Gasteiger partial charge >= 0.3 is 0 Å². The molecule has 0 saturated heterocycles. The molecular weight excluding hydrogens is 266 g/mol. The second kappa shape index (κ2) is 6.85. The van der Waals surface area contributed by atoms with Gasteiger partial charge in [0.15, 0.2) is 0 Å². The first-order valence-corrected chi connectivity index (χ1v) is 6.99. The number of aromatic nitrogens is 1. The highest BCUT2D eigenvalue weighted by atomic mass is 16.2. The molecule has 0 radical (unpaired) electrons. The number of amides is 1. The fourth-order valence-electron chi connectivity index (χ4n) is 2.23. The molecule has 5 heteroatoms. The van der Waals surface area contributed by atoms with Gasteiger partial charge < -0.3 is 4.57 Å². The van der Waals surface area contributed by atoms with E-state index in [0.29, 0.717) is 6.54 Å². The number of rotatable bonds is 5. The molecule has 1 aromatic heterocycles. The molecule has 0 bridgehead atoms. The van der Waals surface area contributed by atoms with Crippen LogP contribution in [0.15, 0.2) is 47.3 Å². The van der Waals surface area contributed by atoms with Gasteiger partial charge in [-0.25, -0.2) is 5.84 Å². The maximum absolute atomic E-state index is 12.5. The van der Waals surface area contributed by atoms with Gasteiger partial charge in [0.2, 0.25) is 0 Å². The number of nitrogens with two attached hydrogens (primary N) is 1. The number of carbonyl (C=O) groups is 1. The van der Waals surface area contributed by atoms with Crippen LogP contribution in [0.3, 0.4) is 0 Å². The number of nitrogens with zero attached hydrogens (tertiary/aromatic N) is 1. The first-order valence-electron chi connectivity index (χ1n) is 6.99. The lowest BCUT2D eigenvalue weighted by molar-refractivity contribution is 0.0951. The number of unbranched alkanes of at least 4 members (excludes halogenated alkanes) is 1. The second-order valence-corrected chi connectivity index (χ2v) is 4.78. The Labute approximate surface area is 123 Å². The van der Waals surface area contributed by atoms with Crippen LogP contribution >= 0.6 is 0 Å². The first kappa shape index (κ1) is 15.0. The van der Waals surface area contributed by atoms with E-state index in [9.17, 15) is 9.59 Å². The molecule has 1 aromatic carbocycles. The highest BCUT2D eigenvalue weighted by Crippen LogP contribution is 2.18. The second-order valence-electron chi connectivity index (χ2n) is 4.78. The molecule has 1 heterocycles. The number of carbonyl (C=O) groups excluding carboxylic acids is 1. The van der Waals surface area contributed by atoms with E-state index in [2.05, 4.69) is 6.92 Å². The highest BCUT2D eigenvalue weighted by molar-refractivity contribution is 5.93. The van der Waals surface area contributed by atoms with Crippen LogP contribution in [-0.2, 0) is 6.54 Å². The van der Waals surface area contributed by atoms with E-state index < -0.39 is 5.91 Å². The Morgan fingerprint density at radius 3 is 2.52 bits per heavy atom. The molecule has 1 amide bonds. The standard InChI is InChI=1S/C16H19N3O2/c1-2-3-11-19-14(12-7-5-4-6-8-12)10-9-13(16(19)21)15(20)18-17/h4-10H,2-3,11,17H2,1H3,(H,18,20). The van der Waals surface area contributed by atoms with Crippen molar-refractivity contribution in [1.29, 1.82) is 0 Å². The summed E-state index contributed by atoms with van der Waals surface area (Å²) >= 11 is 0. The van der Waals surface area contributed by atoms with Crippen LogP contribution in [0.4, 0.5) is 0 Å². The molecule has 2 rings (SSSR count). The fraction of sp³-hybridized carbons (Fsp3) is 0.250. The molecule has 0 unspecified atom stereocenters. The monoisotopic (exact) mass is 285 g/mol. The number of hydrogen-bond acceptors (Lipinski definition) is 3. The lowest BCUT2D eigenvalue weighted by atomic mass is 10.1. The number of nitrogen functional groups attached to an aromatic ring is 1. The van der Waals surface area contributed by atoms with Crippen LogP contribution in [0.2, 0.25) is 0 Å². The van der Waals surface area contributed by atoms with E-state index in [1.807, 2.05) is 35.8 Å². The van der Waals surface area contributed by atoms with Gasteiger partial charge in [0.05, 0.1) is 5.69 Å². The highest BCUT2D eigenvalue weighted by Gasteiger charge is 2.14. The minimum Gasteiger partial charge on any atom is -0.308 e. The summed E-state index contributed by atoms with van der Waals surface area (Å²) in [4.78, 5) is 24.2. The summed E-state index contributed by atoms with van der Waals surface area (Å²) in [6, 6.07) is 13.0. The molecule has 21 heavy (non-hydrogen) atoms. The Balaban J connectivity index is 2.58. The van der Waals surface area contributed by atoms with Gasteiger partial charge in [0, 0.05) is 6.54 Å². The number of pyridine rings is 1. The molecule has 110 valence electrons. The van der Waals surface area contributed by atoms with Crippen molar-refractivity contribution < 1.29 is 4.79 Å². The normalized spacial score (nSPS) is 10.4. The third kappa shape index (κ3) is 3.20. The van der Waals surface area contributed by atoms with Gasteiger partial charge in [-0.1, -0.05) is 43.7 Å². The molecule has 0 spiro atoms. The van der Waals surface area contributed by atoms with Gasteiger partial charge in [-0.05, 0) is 24.1 Å². The van der Waals surface area contributed by atoms with Crippen molar-refractivity contribution in [2.45, 2.75) is 26.3 Å². The molecule has 0 aliphatic rings. The SMILES string of the molecule is CCCCn1c(-c2ccccc2)ccc(C(=O)NN)c1=O. The molecule has 0 fully saturated rings. The summed E-state index contributed by atoms with van der Waals surface area (Å²) in [5.74, 6) is 4.56. The molecule has 0 aliphatic heterocycles. The largest absolute Gasteiger partial charge is 0.308 e. The summed E-state index contributed by atoms with van der Waals surface area (Å²) in [5.41, 5.74) is 3.52. The van der Waals surface area contributed by atoms with E-state index in [-0.39, 0.29) is 11.1 Å². The van der Waals surface area contributed by atoms with E-state index in [1.165, 1.54) is 6.07 Å². The molecule has 5 nitrogen and oxygen atoms in total. The van der Waals surface area contributed by atoms with E-state index in [4.69, 9.17) is 5.84 Å². The van der Waals surface area contributed by atoms with Crippen LogP contribution in [0.5, 0.6) is 0 Å². The Morgan fingerprint density at radius 2 is 1.90 bits per heavy atom. The Morgan fingerprint density at radius 1 is 1.19 bits per heavy atom. The van der Waals surface area contributed by atoms with E-state index >= 15 is 0 Å². The smallest absolute Gasteiger partial charge is 0.270 e. The predicted molar refractivity (Wildman–Crippen MR) is 82.7 cm³/mol.